The molecule has 2 aromatic carbocycles. The van der Waals surface area contributed by atoms with Crippen LogP contribution in [-0.4, -0.2) is 76.4 Å². The summed E-state index contributed by atoms with van der Waals surface area (Å²) in [7, 11) is 3.11. The number of carbonyl (C=O) groups is 3. The van der Waals surface area contributed by atoms with Crippen LogP contribution in [0.5, 0.6) is 0 Å². The van der Waals surface area contributed by atoms with Gasteiger partial charge < -0.3 is 30.8 Å². The molecule has 0 aliphatic carbocycles. The quantitative estimate of drug-likeness (QED) is 0.139. The molecular weight excluding hydrogens is 664 g/mol. The third-order valence-electron chi connectivity index (χ3n) is 8.47. The monoisotopic (exact) mass is 704 g/mol. The van der Waals surface area contributed by atoms with Gasteiger partial charge in [-0.05, 0) is 37.0 Å². The van der Waals surface area contributed by atoms with E-state index in [1.165, 1.54) is 33.8 Å². The number of aromatic nitrogens is 4. The van der Waals surface area contributed by atoms with Crippen molar-refractivity contribution in [3.05, 3.63) is 110 Å². The molecule has 0 spiro atoms. The van der Waals surface area contributed by atoms with Crippen molar-refractivity contribution in [1.82, 2.24) is 34.2 Å². The van der Waals surface area contributed by atoms with Crippen LogP contribution in [0, 0.1) is 0 Å². The average Bonchev–Trinajstić information content (AvgIpc) is 3.54. The molecule has 2 aromatic heterocycles. The molecule has 50 heavy (non-hydrogen) atoms. The Balaban J connectivity index is 0.000000194. The molecule has 2 aliphatic heterocycles. The molecule has 4 heterocycles. The van der Waals surface area contributed by atoms with E-state index in [1.54, 1.807) is 49.1 Å². The van der Waals surface area contributed by atoms with Crippen LogP contribution in [0.3, 0.4) is 0 Å². The van der Waals surface area contributed by atoms with Crippen LogP contribution >= 0.6 is 11.8 Å². The molecule has 2 amide bonds. The average molecular weight is 705 g/mol. The van der Waals surface area contributed by atoms with Gasteiger partial charge in [-0.1, -0.05) is 60.7 Å². The smallest absolute Gasteiger partial charge is 0.449 e. The van der Waals surface area contributed by atoms with Gasteiger partial charge in [-0.25, -0.2) is 14.6 Å². The lowest BCUT2D eigenvalue weighted by atomic mass is 10.0. The summed E-state index contributed by atoms with van der Waals surface area (Å²) >= 11 is 1.43. The summed E-state index contributed by atoms with van der Waals surface area (Å²) < 4.78 is 9.05. The SMILES string of the molecule is CC(Cc1ccccc1)NCCn1cnc2c1c(=O)n(C)c(=O)n2C.CC1=C(OC(=O)O)N2C(=O)C(NC(=O)C(N)c3ccccc3)[C@@H]2SC1. The number of benzene rings is 2. The lowest BCUT2D eigenvalue weighted by Crippen LogP contribution is -2.70. The molecule has 4 atom stereocenters. The zero-order valence-electron chi connectivity index (χ0n) is 28.1. The predicted molar refractivity (Wildman–Crippen MR) is 188 cm³/mol. The van der Waals surface area contributed by atoms with E-state index in [-0.39, 0.29) is 17.1 Å². The van der Waals surface area contributed by atoms with E-state index in [2.05, 4.69) is 34.7 Å². The Morgan fingerprint density at radius 2 is 1.72 bits per heavy atom. The van der Waals surface area contributed by atoms with Gasteiger partial charge in [0.1, 0.15) is 17.5 Å². The predicted octanol–water partition coefficient (Wildman–Crippen LogP) is 1.67. The number of amides is 2. The fourth-order valence-corrected chi connectivity index (χ4v) is 7.04. The number of nitrogens with zero attached hydrogens (tertiary/aromatic N) is 5. The van der Waals surface area contributed by atoms with Crippen molar-refractivity contribution >= 4 is 40.9 Å². The van der Waals surface area contributed by atoms with Crippen LogP contribution in [0.25, 0.3) is 11.2 Å². The molecule has 4 aromatic rings. The number of carboxylic acid groups (broad SMARTS) is 1. The lowest BCUT2D eigenvalue weighted by Gasteiger charge is -2.49. The van der Waals surface area contributed by atoms with Crippen LogP contribution in [0.2, 0.25) is 0 Å². The Morgan fingerprint density at radius 3 is 2.38 bits per heavy atom. The van der Waals surface area contributed by atoms with Crippen molar-refractivity contribution in [2.45, 2.75) is 50.3 Å². The van der Waals surface area contributed by atoms with E-state index < -0.39 is 35.4 Å². The highest BCUT2D eigenvalue weighted by molar-refractivity contribution is 8.00. The van der Waals surface area contributed by atoms with Gasteiger partial charge in [-0.2, -0.15) is 0 Å². The minimum atomic E-state index is -1.48. The van der Waals surface area contributed by atoms with Crippen molar-refractivity contribution in [3.8, 4) is 0 Å². The molecule has 3 unspecified atom stereocenters. The summed E-state index contributed by atoms with van der Waals surface area (Å²) in [6.45, 7) is 5.17. The first-order valence-corrected chi connectivity index (χ1v) is 17.0. The van der Waals surface area contributed by atoms with Crippen LogP contribution in [-0.2, 0) is 41.4 Å². The Labute approximate surface area is 291 Å². The Bertz CT molecular complexity index is 2030. The van der Waals surface area contributed by atoms with Crippen molar-refractivity contribution in [2.75, 3.05) is 12.3 Å². The Hall–Kier alpha value is -5.19. The molecule has 0 bridgehead atoms. The number of thioether (sulfide) groups is 1. The molecule has 5 N–H and O–H groups in total. The maximum absolute atomic E-state index is 12.4. The van der Waals surface area contributed by atoms with Crippen LogP contribution in [0.4, 0.5) is 4.79 Å². The maximum Gasteiger partial charge on any atom is 0.512 e. The number of hydrogen-bond donors (Lipinski definition) is 4. The Morgan fingerprint density at radius 1 is 1.06 bits per heavy atom. The summed E-state index contributed by atoms with van der Waals surface area (Å²) in [6.07, 6.45) is 1.09. The second-order valence-electron chi connectivity index (χ2n) is 12.1. The summed E-state index contributed by atoms with van der Waals surface area (Å²) in [5.41, 5.74) is 8.74. The van der Waals surface area contributed by atoms with E-state index in [4.69, 9.17) is 15.6 Å². The number of carbonyl (C=O) groups excluding carboxylic acids is 2. The molecule has 0 radical (unpaired) electrons. The van der Waals surface area contributed by atoms with Crippen LogP contribution in [0.15, 0.2) is 88.0 Å². The first kappa shape index (κ1) is 36.1. The number of rotatable bonds is 10. The largest absolute Gasteiger partial charge is 0.512 e. The molecule has 16 heteroatoms. The second kappa shape index (κ2) is 15.6. The number of aryl methyl sites for hydroxylation is 1. The van der Waals surface area contributed by atoms with E-state index in [9.17, 15) is 24.0 Å². The van der Waals surface area contributed by atoms with Crippen molar-refractivity contribution in [1.29, 1.82) is 0 Å². The normalized spacial score (nSPS) is 18.0. The lowest BCUT2D eigenvalue weighted by molar-refractivity contribution is -0.149. The number of hydrogen-bond acceptors (Lipinski definition) is 10. The first-order valence-electron chi connectivity index (χ1n) is 15.9. The number of imidazole rings is 1. The number of nitrogens with two attached hydrogens (primary N) is 1. The van der Waals surface area contributed by atoms with Crippen LogP contribution < -0.4 is 27.6 Å². The van der Waals surface area contributed by atoms with Gasteiger partial charge in [0, 0.05) is 39.0 Å². The molecule has 2 aliphatic rings. The molecule has 0 saturated carbocycles. The highest BCUT2D eigenvalue weighted by atomic mass is 32.2. The topological polar surface area (TPSA) is 196 Å². The molecule has 15 nitrogen and oxygen atoms in total. The summed E-state index contributed by atoms with van der Waals surface area (Å²) in [5.74, 6) is -0.342. The number of ether oxygens (including phenoxy) is 1. The minimum absolute atomic E-state index is 0.0270. The van der Waals surface area contributed by atoms with Crippen molar-refractivity contribution in [3.63, 3.8) is 0 Å². The third-order valence-corrected chi connectivity index (χ3v) is 9.89. The number of β-lactam (4-membered cyclic amide) rings is 1. The van der Waals surface area contributed by atoms with E-state index in [1.807, 2.05) is 24.3 Å². The zero-order chi connectivity index (χ0) is 36.1. The van der Waals surface area contributed by atoms with E-state index in [0.717, 1.165) is 11.0 Å². The fraction of sp³-hybridized carbons (Fsp3) is 0.353. The highest BCUT2D eigenvalue weighted by Crippen LogP contribution is 2.40. The summed E-state index contributed by atoms with van der Waals surface area (Å²) in [6, 6.07) is 17.9. The Kier molecular flexibility index (Phi) is 11.2. The standard InChI is InChI=1S/C18H23N5O2.C16H17N3O5S/c1-13(11-14-7-5-4-6-8-14)19-9-10-23-12-20-16-15(23)17(24)22(3)18(25)21(16)2;1-8-7-25-15-11(13(21)19(15)14(8)24-16(22)23)18-12(20)10(17)9-5-3-2-4-6-9/h4-8,12-13,19H,9-11H2,1-3H3;2-6,10-11,15H,7,17H2,1H3,(H,18,20)(H,22,23)/t;10?,11?,15-/m.0/s1. The van der Waals surface area contributed by atoms with Gasteiger partial charge >= 0.3 is 11.8 Å². The highest BCUT2D eigenvalue weighted by Gasteiger charge is 2.53. The van der Waals surface area contributed by atoms with Gasteiger partial charge in [-0.15, -0.1) is 11.8 Å². The van der Waals surface area contributed by atoms with Crippen molar-refractivity contribution < 1.29 is 24.2 Å². The molecular formula is C34H40N8O7S. The summed E-state index contributed by atoms with van der Waals surface area (Å²) in [4.78, 5) is 65.4. The summed E-state index contributed by atoms with van der Waals surface area (Å²) in [5, 5.41) is 14.5. The van der Waals surface area contributed by atoms with Gasteiger partial charge in [0.2, 0.25) is 11.8 Å². The molecule has 1 fully saturated rings. The van der Waals surface area contributed by atoms with Gasteiger partial charge in [0.25, 0.3) is 11.5 Å². The van der Waals surface area contributed by atoms with E-state index >= 15 is 0 Å². The second-order valence-corrected chi connectivity index (χ2v) is 13.2. The van der Waals surface area contributed by atoms with Gasteiger partial charge in [0.05, 0.1) is 6.33 Å². The fourth-order valence-electron chi connectivity index (χ4n) is 5.77. The molecule has 6 rings (SSSR count). The molecule has 1 saturated heterocycles. The van der Waals surface area contributed by atoms with Crippen LogP contribution in [0.1, 0.15) is 31.0 Å². The molecule has 264 valence electrons. The third kappa shape index (κ3) is 7.66. The van der Waals surface area contributed by atoms with Crippen molar-refractivity contribution in [2.24, 2.45) is 19.8 Å². The van der Waals surface area contributed by atoms with Gasteiger partial charge in [0.15, 0.2) is 11.2 Å². The maximum atomic E-state index is 12.4. The number of fused-ring (bicyclic) bond motifs is 2. The minimum Gasteiger partial charge on any atom is -0.449 e. The number of nitrogens with one attached hydrogen (secondary N) is 2. The first-order chi connectivity index (χ1) is 23.9. The zero-order valence-corrected chi connectivity index (χ0v) is 28.9. The van der Waals surface area contributed by atoms with Gasteiger partial charge in [-0.3, -0.25) is 28.4 Å². The van der Waals surface area contributed by atoms with E-state index in [0.29, 0.717) is 47.2 Å².